The van der Waals surface area contributed by atoms with E-state index in [9.17, 15) is 0 Å². The van der Waals surface area contributed by atoms with Crippen LogP contribution in [0.2, 0.25) is 0 Å². The second kappa shape index (κ2) is 8.95. The summed E-state index contributed by atoms with van der Waals surface area (Å²) in [6, 6.07) is 15.0. The van der Waals surface area contributed by atoms with Gasteiger partial charge in [0.25, 0.3) is 0 Å². The average Bonchev–Trinajstić information content (AvgIpc) is 2.57. The van der Waals surface area contributed by atoms with Crippen molar-refractivity contribution in [1.29, 1.82) is 0 Å². The Bertz CT molecular complexity index is 684. The number of rotatable bonds is 7. The lowest BCUT2D eigenvalue weighted by Gasteiger charge is -2.08. The monoisotopic (exact) mass is 375 g/mol. The van der Waals surface area contributed by atoms with E-state index in [2.05, 4.69) is 26.1 Å². The van der Waals surface area contributed by atoms with Gasteiger partial charge in [0.1, 0.15) is 18.1 Å². The Morgan fingerprint density at radius 2 is 1.87 bits per heavy atom. The number of hydrogen-bond donors (Lipinski definition) is 1. The minimum absolute atomic E-state index is 0.300. The maximum Gasteiger partial charge on any atom is 0.157 e. The molecule has 2 aromatic rings. The van der Waals surface area contributed by atoms with Gasteiger partial charge in [-0.2, -0.15) is 5.10 Å². The third-order valence-corrected chi connectivity index (χ3v) is 3.38. The lowest BCUT2D eigenvalue weighted by molar-refractivity contribution is 0.339. The van der Waals surface area contributed by atoms with E-state index < -0.39 is 0 Å². The third-order valence-electron chi connectivity index (χ3n) is 2.85. The molecule has 0 aliphatic heterocycles. The molecule has 0 aromatic heterocycles. The van der Waals surface area contributed by atoms with Crippen LogP contribution in [0.25, 0.3) is 0 Å². The molecule has 0 aliphatic carbocycles. The summed E-state index contributed by atoms with van der Waals surface area (Å²) in [7, 11) is 0. The van der Waals surface area contributed by atoms with Crippen molar-refractivity contribution in [2.75, 3.05) is 13.2 Å². The lowest BCUT2D eigenvalue weighted by atomic mass is 10.2. The van der Waals surface area contributed by atoms with Gasteiger partial charge in [0, 0.05) is 4.47 Å². The van der Waals surface area contributed by atoms with Gasteiger partial charge in [-0.3, -0.25) is 0 Å². The molecule has 2 rings (SSSR count). The number of ether oxygens (including phenoxy) is 2. The van der Waals surface area contributed by atoms with Gasteiger partial charge in [-0.15, -0.1) is 5.10 Å². The van der Waals surface area contributed by atoms with Crippen molar-refractivity contribution in [3.05, 3.63) is 58.6 Å². The molecule has 23 heavy (non-hydrogen) atoms. The molecule has 0 aliphatic rings. The summed E-state index contributed by atoms with van der Waals surface area (Å²) in [6.07, 6.45) is 1.55. The molecule has 2 aromatic carbocycles. The zero-order valence-corrected chi connectivity index (χ0v) is 14.4. The normalized spacial score (nSPS) is 11.7. The van der Waals surface area contributed by atoms with Crippen molar-refractivity contribution in [2.45, 2.75) is 6.92 Å². The van der Waals surface area contributed by atoms with Gasteiger partial charge < -0.3 is 15.2 Å². The highest BCUT2D eigenvalue weighted by Crippen LogP contribution is 2.17. The quantitative estimate of drug-likeness (QED) is 0.456. The van der Waals surface area contributed by atoms with Crippen LogP contribution in [0.15, 0.2) is 63.2 Å². The van der Waals surface area contributed by atoms with E-state index in [1.807, 2.05) is 55.5 Å². The molecule has 5 nitrogen and oxygen atoms in total. The van der Waals surface area contributed by atoms with Crippen molar-refractivity contribution < 1.29 is 9.47 Å². The summed E-state index contributed by atoms with van der Waals surface area (Å²) in [5.41, 5.74) is 6.67. The number of benzene rings is 2. The zero-order valence-electron chi connectivity index (χ0n) is 12.8. The van der Waals surface area contributed by atoms with Crippen LogP contribution in [0.4, 0.5) is 0 Å². The van der Waals surface area contributed by atoms with Crippen LogP contribution in [0, 0.1) is 0 Å². The smallest absolute Gasteiger partial charge is 0.157 e. The first-order valence-corrected chi connectivity index (χ1v) is 7.95. The van der Waals surface area contributed by atoms with Gasteiger partial charge >= 0.3 is 0 Å². The number of nitrogens with two attached hydrogens (primary N) is 1. The van der Waals surface area contributed by atoms with Crippen LogP contribution in [0.1, 0.15) is 12.5 Å². The largest absolute Gasteiger partial charge is 0.493 e. The Morgan fingerprint density at radius 3 is 2.61 bits per heavy atom. The molecule has 0 saturated carbocycles. The molecule has 6 heteroatoms. The second-order valence-corrected chi connectivity index (χ2v) is 5.39. The molecule has 0 amide bonds. The minimum Gasteiger partial charge on any atom is -0.493 e. The Hall–Kier alpha value is -2.34. The summed E-state index contributed by atoms with van der Waals surface area (Å²) >= 11 is 3.37. The second-order valence-electron chi connectivity index (χ2n) is 4.48. The van der Waals surface area contributed by atoms with Crippen LogP contribution in [-0.2, 0) is 0 Å². The van der Waals surface area contributed by atoms with E-state index in [0.717, 1.165) is 15.8 Å². The number of hydrogen-bond acceptors (Lipinski definition) is 4. The Labute approximate surface area is 144 Å². The maximum absolute atomic E-state index is 5.95. The zero-order chi connectivity index (χ0) is 16.5. The van der Waals surface area contributed by atoms with E-state index in [0.29, 0.717) is 24.8 Å². The fourth-order valence-corrected chi connectivity index (χ4v) is 2.08. The Kier molecular flexibility index (Phi) is 6.62. The topological polar surface area (TPSA) is 69.2 Å². The van der Waals surface area contributed by atoms with Crippen molar-refractivity contribution in [3.8, 4) is 11.5 Å². The maximum atomic E-state index is 5.95. The van der Waals surface area contributed by atoms with Crippen LogP contribution in [-0.4, -0.2) is 25.3 Å². The molecule has 0 fully saturated rings. The first-order chi connectivity index (χ1) is 11.2. The van der Waals surface area contributed by atoms with Gasteiger partial charge in [-0.05, 0) is 43.3 Å². The molecular formula is C17H18BrN3O2. The van der Waals surface area contributed by atoms with Crippen molar-refractivity contribution in [1.82, 2.24) is 0 Å². The van der Waals surface area contributed by atoms with Gasteiger partial charge in [-0.1, -0.05) is 28.1 Å². The number of nitrogens with zero attached hydrogens (tertiary/aromatic N) is 2. The van der Waals surface area contributed by atoms with Crippen molar-refractivity contribution >= 4 is 28.0 Å². The molecule has 0 heterocycles. The SMILES string of the molecule is CCOc1ccccc1/C(N)=N/N=C/COc1ccc(Br)cc1. The first kappa shape index (κ1) is 17.0. The fraction of sp³-hybridized carbons (Fsp3) is 0.176. The van der Waals surface area contributed by atoms with Gasteiger partial charge in [0.2, 0.25) is 0 Å². The molecule has 0 radical (unpaired) electrons. The first-order valence-electron chi connectivity index (χ1n) is 7.16. The minimum atomic E-state index is 0.300. The van der Waals surface area contributed by atoms with E-state index >= 15 is 0 Å². The van der Waals surface area contributed by atoms with E-state index in [1.165, 1.54) is 0 Å². The van der Waals surface area contributed by atoms with Gasteiger partial charge in [-0.25, -0.2) is 0 Å². The summed E-state index contributed by atoms with van der Waals surface area (Å²) < 4.78 is 12.0. The summed E-state index contributed by atoms with van der Waals surface area (Å²) in [5.74, 6) is 1.75. The Morgan fingerprint density at radius 1 is 1.13 bits per heavy atom. The lowest BCUT2D eigenvalue weighted by Crippen LogP contribution is -2.14. The molecule has 0 spiro atoms. The summed E-state index contributed by atoms with van der Waals surface area (Å²) in [6.45, 7) is 2.79. The van der Waals surface area contributed by atoms with Crippen molar-refractivity contribution in [2.24, 2.45) is 15.9 Å². The average molecular weight is 376 g/mol. The highest BCUT2D eigenvalue weighted by atomic mass is 79.9. The molecule has 0 unspecified atom stereocenters. The highest BCUT2D eigenvalue weighted by Gasteiger charge is 2.05. The Balaban J connectivity index is 1.92. The highest BCUT2D eigenvalue weighted by molar-refractivity contribution is 9.10. The van der Waals surface area contributed by atoms with Crippen LogP contribution >= 0.6 is 15.9 Å². The molecule has 0 bridgehead atoms. The number of halogens is 1. The predicted octanol–water partition coefficient (Wildman–Crippen LogP) is 3.62. The third kappa shape index (κ3) is 5.41. The standard InChI is InChI=1S/C17H18BrN3O2/c1-2-22-16-6-4-3-5-15(16)17(19)21-20-11-12-23-14-9-7-13(18)8-10-14/h3-11H,2,12H2,1H3,(H2,19,21)/b20-11+. The van der Waals surface area contributed by atoms with Crippen LogP contribution < -0.4 is 15.2 Å². The van der Waals surface area contributed by atoms with Gasteiger partial charge in [0.15, 0.2) is 5.84 Å². The van der Waals surface area contributed by atoms with E-state index in [4.69, 9.17) is 15.2 Å². The summed E-state index contributed by atoms with van der Waals surface area (Å²) in [4.78, 5) is 0. The summed E-state index contributed by atoms with van der Waals surface area (Å²) in [5, 5.41) is 7.91. The molecule has 2 N–H and O–H groups in total. The van der Waals surface area contributed by atoms with Crippen LogP contribution in [0.3, 0.4) is 0 Å². The fourth-order valence-electron chi connectivity index (χ4n) is 1.81. The van der Waals surface area contributed by atoms with E-state index in [1.54, 1.807) is 6.21 Å². The number of amidine groups is 1. The molecule has 0 saturated heterocycles. The molecule has 0 atom stereocenters. The molecule has 120 valence electrons. The molecular weight excluding hydrogens is 358 g/mol. The predicted molar refractivity (Wildman–Crippen MR) is 96.5 cm³/mol. The van der Waals surface area contributed by atoms with Gasteiger partial charge in [0.05, 0.1) is 18.4 Å². The number of para-hydroxylation sites is 1. The van der Waals surface area contributed by atoms with E-state index in [-0.39, 0.29) is 0 Å². The van der Waals surface area contributed by atoms with Crippen LogP contribution in [0.5, 0.6) is 11.5 Å². The van der Waals surface area contributed by atoms with Crippen molar-refractivity contribution in [3.63, 3.8) is 0 Å².